The first-order valence-corrected chi connectivity index (χ1v) is 6.44. The van der Waals surface area contributed by atoms with Gasteiger partial charge in [-0.05, 0) is 29.9 Å². The normalized spacial score (nSPS) is 24.5. The summed E-state index contributed by atoms with van der Waals surface area (Å²) < 4.78 is 5.90. The lowest BCUT2D eigenvalue weighted by atomic mass is 9.89. The molecule has 1 heteroatoms. The summed E-state index contributed by atoms with van der Waals surface area (Å²) >= 11 is 0. The van der Waals surface area contributed by atoms with E-state index in [4.69, 9.17) is 4.74 Å². The second-order valence-electron chi connectivity index (χ2n) is 5.19. The maximum atomic E-state index is 5.90. The second kappa shape index (κ2) is 5.01. The molecule has 0 saturated carbocycles. The molecule has 0 aliphatic carbocycles. The Hall–Kier alpha value is -0.820. The molecule has 1 aliphatic rings. The first kappa shape index (κ1) is 11.7. The zero-order chi connectivity index (χ0) is 11.5. The summed E-state index contributed by atoms with van der Waals surface area (Å²) in [6.45, 7) is 6.74. The first-order chi connectivity index (χ1) is 7.70. The fourth-order valence-corrected chi connectivity index (χ4v) is 2.40. The summed E-state index contributed by atoms with van der Waals surface area (Å²) in [5.74, 6) is 0.711. The monoisotopic (exact) mass is 218 g/mol. The molecular weight excluding hydrogens is 196 g/mol. The molecule has 2 rings (SSSR count). The van der Waals surface area contributed by atoms with Crippen LogP contribution in [0.2, 0.25) is 0 Å². The predicted molar refractivity (Wildman–Crippen MR) is 67.5 cm³/mol. The van der Waals surface area contributed by atoms with Gasteiger partial charge in [-0.3, -0.25) is 0 Å². The summed E-state index contributed by atoms with van der Waals surface area (Å²) in [6, 6.07) is 8.74. The zero-order valence-electron chi connectivity index (χ0n) is 10.6. The molecule has 0 amide bonds. The van der Waals surface area contributed by atoms with Crippen LogP contribution in [-0.4, -0.2) is 6.10 Å². The average molecular weight is 218 g/mol. The topological polar surface area (TPSA) is 9.23 Å². The van der Waals surface area contributed by atoms with E-state index in [0.717, 1.165) is 12.8 Å². The van der Waals surface area contributed by atoms with Crippen LogP contribution >= 0.6 is 0 Å². The highest BCUT2D eigenvalue weighted by Crippen LogP contribution is 2.38. The Morgan fingerprint density at radius 1 is 1.31 bits per heavy atom. The van der Waals surface area contributed by atoms with Crippen molar-refractivity contribution in [3.63, 3.8) is 0 Å². The van der Waals surface area contributed by atoms with Crippen molar-refractivity contribution in [2.75, 3.05) is 0 Å². The minimum atomic E-state index is 0.361. The molecule has 0 radical (unpaired) electrons. The Bertz CT molecular complexity index is 337. The zero-order valence-corrected chi connectivity index (χ0v) is 10.6. The molecule has 1 nitrogen and oxygen atoms in total. The molecule has 0 aromatic heterocycles. The lowest BCUT2D eigenvalue weighted by Crippen LogP contribution is -2.30. The molecule has 1 fully saturated rings. The van der Waals surface area contributed by atoms with Gasteiger partial charge in [-0.2, -0.15) is 0 Å². The fraction of sp³-hybridized carbons (Fsp3) is 0.600. The second-order valence-corrected chi connectivity index (χ2v) is 5.19. The largest absolute Gasteiger partial charge is 0.370 e. The molecule has 0 N–H and O–H groups in total. The molecule has 1 heterocycles. The number of benzene rings is 1. The van der Waals surface area contributed by atoms with E-state index in [1.807, 2.05) is 0 Å². The van der Waals surface area contributed by atoms with Gasteiger partial charge in [0.2, 0.25) is 0 Å². The highest BCUT2D eigenvalue weighted by Gasteiger charge is 2.30. The summed E-state index contributed by atoms with van der Waals surface area (Å²) in [5.41, 5.74) is 2.89. The summed E-state index contributed by atoms with van der Waals surface area (Å²) in [4.78, 5) is 0. The molecule has 2 unspecified atom stereocenters. The summed E-state index contributed by atoms with van der Waals surface area (Å²) in [6.07, 6.45) is 4.36. The van der Waals surface area contributed by atoms with E-state index in [1.54, 1.807) is 0 Å². The highest BCUT2D eigenvalue weighted by atomic mass is 16.5. The molecule has 0 bridgehead atoms. The first-order valence-electron chi connectivity index (χ1n) is 6.44. The smallest absolute Gasteiger partial charge is 0.0856 e. The van der Waals surface area contributed by atoms with Gasteiger partial charge >= 0.3 is 0 Å². The Kier molecular flexibility index (Phi) is 3.65. The van der Waals surface area contributed by atoms with Crippen LogP contribution in [0.5, 0.6) is 0 Å². The minimum absolute atomic E-state index is 0.361. The van der Waals surface area contributed by atoms with Crippen molar-refractivity contribution in [2.24, 2.45) is 5.92 Å². The van der Waals surface area contributed by atoms with E-state index in [9.17, 15) is 0 Å². The third kappa shape index (κ3) is 2.46. The van der Waals surface area contributed by atoms with Crippen LogP contribution in [0, 0.1) is 5.92 Å². The van der Waals surface area contributed by atoms with E-state index in [2.05, 4.69) is 45.0 Å². The van der Waals surface area contributed by atoms with Gasteiger partial charge in [0, 0.05) is 6.42 Å². The molecule has 88 valence electrons. The van der Waals surface area contributed by atoms with Crippen molar-refractivity contribution in [2.45, 2.75) is 52.2 Å². The van der Waals surface area contributed by atoms with Crippen LogP contribution in [0.15, 0.2) is 24.3 Å². The lowest BCUT2D eigenvalue weighted by Gasteiger charge is -2.37. The van der Waals surface area contributed by atoms with Gasteiger partial charge in [-0.15, -0.1) is 0 Å². The van der Waals surface area contributed by atoms with Crippen LogP contribution in [-0.2, 0) is 11.2 Å². The standard InChI is InChI=1S/C15H22O/c1-4-13-10-15(16-13)14-8-6-5-7-12(14)9-11(2)3/h5-8,11,13,15H,4,9-10H2,1-3H3. The summed E-state index contributed by atoms with van der Waals surface area (Å²) in [7, 11) is 0. The Morgan fingerprint density at radius 3 is 2.62 bits per heavy atom. The third-order valence-corrected chi connectivity index (χ3v) is 3.32. The van der Waals surface area contributed by atoms with Crippen molar-refractivity contribution < 1.29 is 4.74 Å². The molecule has 2 atom stereocenters. The lowest BCUT2D eigenvalue weighted by molar-refractivity contribution is -0.128. The van der Waals surface area contributed by atoms with E-state index in [0.29, 0.717) is 18.1 Å². The number of hydrogen-bond acceptors (Lipinski definition) is 1. The number of hydrogen-bond donors (Lipinski definition) is 0. The van der Waals surface area contributed by atoms with Gasteiger partial charge in [0.05, 0.1) is 12.2 Å². The van der Waals surface area contributed by atoms with Crippen molar-refractivity contribution in [1.82, 2.24) is 0 Å². The Morgan fingerprint density at radius 2 is 2.00 bits per heavy atom. The van der Waals surface area contributed by atoms with Crippen molar-refractivity contribution in [3.05, 3.63) is 35.4 Å². The number of rotatable bonds is 4. The third-order valence-electron chi connectivity index (χ3n) is 3.32. The predicted octanol–water partition coefficient (Wildman–Crippen LogP) is 4.13. The van der Waals surface area contributed by atoms with Gasteiger partial charge in [0.25, 0.3) is 0 Å². The van der Waals surface area contributed by atoms with Crippen molar-refractivity contribution in [3.8, 4) is 0 Å². The van der Waals surface area contributed by atoms with Gasteiger partial charge in [-0.1, -0.05) is 45.0 Å². The van der Waals surface area contributed by atoms with E-state index >= 15 is 0 Å². The van der Waals surface area contributed by atoms with E-state index < -0.39 is 0 Å². The van der Waals surface area contributed by atoms with Crippen LogP contribution in [0.25, 0.3) is 0 Å². The Balaban J connectivity index is 2.08. The SMILES string of the molecule is CCC1CC(c2ccccc2CC(C)C)O1. The average Bonchev–Trinajstić information content (AvgIpc) is 2.18. The Labute approximate surface area is 98.8 Å². The quantitative estimate of drug-likeness (QED) is 0.738. The van der Waals surface area contributed by atoms with Gasteiger partial charge < -0.3 is 4.74 Å². The number of ether oxygens (including phenoxy) is 1. The van der Waals surface area contributed by atoms with Crippen molar-refractivity contribution >= 4 is 0 Å². The van der Waals surface area contributed by atoms with E-state index in [1.165, 1.54) is 17.5 Å². The van der Waals surface area contributed by atoms with E-state index in [-0.39, 0.29) is 0 Å². The molecule has 1 aromatic carbocycles. The molecule has 1 aromatic rings. The van der Waals surface area contributed by atoms with Gasteiger partial charge in [0.1, 0.15) is 0 Å². The van der Waals surface area contributed by atoms with Crippen LogP contribution in [0.1, 0.15) is 50.8 Å². The maximum absolute atomic E-state index is 5.90. The van der Waals surface area contributed by atoms with Crippen LogP contribution in [0.4, 0.5) is 0 Å². The molecule has 1 saturated heterocycles. The minimum Gasteiger partial charge on any atom is -0.370 e. The van der Waals surface area contributed by atoms with Crippen LogP contribution in [0.3, 0.4) is 0 Å². The molecule has 16 heavy (non-hydrogen) atoms. The molecular formula is C15H22O. The van der Waals surface area contributed by atoms with Crippen molar-refractivity contribution in [1.29, 1.82) is 0 Å². The maximum Gasteiger partial charge on any atom is 0.0856 e. The van der Waals surface area contributed by atoms with Gasteiger partial charge in [-0.25, -0.2) is 0 Å². The summed E-state index contributed by atoms with van der Waals surface area (Å²) in [5, 5.41) is 0. The molecule has 1 aliphatic heterocycles. The fourth-order valence-electron chi connectivity index (χ4n) is 2.40. The highest BCUT2D eigenvalue weighted by molar-refractivity contribution is 5.30. The van der Waals surface area contributed by atoms with Gasteiger partial charge in [0.15, 0.2) is 0 Å². The molecule has 0 spiro atoms. The van der Waals surface area contributed by atoms with Crippen LogP contribution < -0.4 is 0 Å².